The van der Waals surface area contributed by atoms with Crippen molar-refractivity contribution < 1.29 is 13.6 Å². The lowest BCUT2D eigenvalue weighted by atomic mass is 10.0. The van der Waals surface area contributed by atoms with E-state index < -0.39 is 11.6 Å². The summed E-state index contributed by atoms with van der Waals surface area (Å²) >= 11 is 0. The summed E-state index contributed by atoms with van der Waals surface area (Å²) in [4.78, 5) is 14.9. The van der Waals surface area contributed by atoms with Gasteiger partial charge in [0.25, 0.3) is 0 Å². The molecule has 0 radical (unpaired) electrons. The molecule has 2 unspecified atom stereocenters. The zero-order chi connectivity index (χ0) is 16.4. The maximum absolute atomic E-state index is 13.9. The molecule has 134 valence electrons. The molecule has 1 aliphatic heterocycles. The van der Waals surface area contributed by atoms with Crippen molar-refractivity contribution in [2.75, 3.05) is 19.6 Å². The van der Waals surface area contributed by atoms with E-state index in [-0.39, 0.29) is 36.2 Å². The highest BCUT2D eigenvalue weighted by Gasteiger charge is 2.47. The first-order valence-corrected chi connectivity index (χ1v) is 8.58. The second kappa shape index (κ2) is 8.26. The summed E-state index contributed by atoms with van der Waals surface area (Å²) < 4.78 is 27.3. The third-order valence-electron chi connectivity index (χ3n) is 4.96. The van der Waals surface area contributed by atoms with Crippen LogP contribution in [0.1, 0.15) is 44.1 Å². The van der Waals surface area contributed by atoms with Crippen LogP contribution in [0.2, 0.25) is 0 Å². The molecule has 1 amide bonds. The highest BCUT2D eigenvalue weighted by Crippen LogP contribution is 2.49. The van der Waals surface area contributed by atoms with Gasteiger partial charge in [0.15, 0.2) is 0 Å². The molecule has 0 aromatic heterocycles. The number of nitrogens with one attached hydrogen (secondary N) is 1. The number of nitrogens with zero attached hydrogens (tertiary/aromatic N) is 1. The average molecular weight is 359 g/mol. The number of hydrogen-bond acceptors (Lipinski definition) is 2. The largest absolute Gasteiger partial charge is 0.339 e. The van der Waals surface area contributed by atoms with Gasteiger partial charge < -0.3 is 10.2 Å². The second-order valence-corrected chi connectivity index (χ2v) is 6.63. The SMILES string of the molecule is CCCN(C(=O)C1CC1c1cc(F)ccc1F)C1CCNCC1.Cl. The van der Waals surface area contributed by atoms with Crippen molar-refractivity contribution in [3.05, 3.63) is 35.4 Å². The lowest BCUT2D eigenvalue weighted by molar-refractivity contribution is -0.135. The topological polar surface area (TPSA) is 32.3 Å². The monoisotopic (exact) mass is 358 g/mol. The molecule has 1 heterocycles. The smallest absolute Gasteiger partial charge is 0.226 e. The van der Waals surface area contributed by atoms with Gasteiger partial charge in [0.1, 0.15) is 11.6 Å². The van der Waals surface area contributed by atoms with Crippen molar-refractivity contribution in [2.24, 2.45) is 5.92 Å². The molecule has 1 N–H and O–H groups in total. The van der Waals surface area contributed by atoms with Crippen LogP contribution in [0, 0.1) is 17.6 Å². The molecule has 1 aliphatic carbocycles. The molecule has 1 aromatic carbocycles. The number of hydrogen-bond donors (Lipinski definition) is 1. The van der Waals surface area contributed by atoms with Gasteiger partial charge in [-0.1, -0.05) is 6.92 Å². The summed E-state index contributed by atoms with van der Waals surface area (Å²) in [6, 6.07) is 3.79. The number of halogens is 3. The van der Waals surface area contributed by atoms with Gasteiger partial charge in [-0.25, -0.2) is 8.78 Å². The van der Waals surface area contributed by atoms with E-state index in [4.69, 9.17) is 0 Å². The van der Waals surface area contributed by atoms with Gasteiger partial charge in [0.2, 0.25) is 5.91 Å². The second-order valence-electron chi connectivity index (χ2n) is 6.63. The Morgan fingerprint density at radius 1 is 1.29 bits per heavy atom. The summed E-state index contributed by atoms with van der Waals surface area (Å²) in [6.45, 7) is 4.69. The van der Waals surface area contributed by atoms with Crippen LogP contribution >= 0.6 is 12.4 Å². The number of benzene rings is 1. The molecule has 24 heavy (non-hydrogen) atoms. The van der Waals surface area contributed by atoms with E-state index >= 15 is 0 Å². The van der Waals surface area contributed by atoms with E-state index in [2.05, 4.69) is 12.2 Å². The standard InChI is InChI=1S/C18H24F2N2O.ClH/c1-2-9-22(13-5-7-21-8-6-13)18(23)16-11-14(16)15-10-12(19)3-4-17(15)20;/h3-4,10,13-14,16,21H,2,5-9,11H2,1H3;1H. The lowest BCUT2D eigenvalue weighted by Gasteiger charge is -2.35. The predicted molar refractivity (Wildman–Crippen MR) is 92.3 cm³/mol. The fourth-order valence-electron chi connectivity index (χ4n) is 3.66. The molecule has 0 spiro atoms. The Hall–Kier alpha value is -1.20. The van der Waals surface area contributed by atoms with Crippen LogP contribution in [-0.4, -0.2) is 36.5 Å². The molecule has 3 nitrogen and oxygen atoms in total. The Kier molecular flexibility index (Phi) is 6.58. The number of rotatable bonds is 5. The van der Waals surface area contributed by atoms with E-state index in [1.54, 1.807) is 0 Å². The Morgan fingerprint density at radius 2 is 2.00 bits per heavy atom. The fourth-order valence-corrected chi connectivity index (χ4v) is 3.66. The van der Waals surface area contributed by atoms with Crippen molar-refractivity contribution in [3.63, 3.8) is 0 Å². The average Bonchev–Trinajstić information content (AvgIpc) is 3.35. The Balaban J connectivity index is 0.00000208. The van der Waals surface area contributed by atoms with Gasteiger partial charge in [0.05, 0.1) is 0 Å². The van der Waals surface area contributed by atoms with Crippen molar-refractivity contribution in [3.8, 4) is 0 Å². The minimum atomic E-state index is -0.441. The zero-order valence-corrected chi connectivity index (χ0v) is 14.7. The van der Waals surface area contributed by atoms with Crippen LogP contribution in [0.25, 0.3) is 0 Å². The first kappa shape index (κ1) is 19.1. The van der Waals surface area contributed by atoms with Crippen molar-refractivity contribution >= 4 is 18.3 Å². The zero-order valence-electron chi connectivity index (χ0n) is 13.9. The summed E-state index contributed by atoms with van der Waals surface area (Å²) in [5.41, 5.74) is 0.352. The van der Waals surface area contributed by atoms with Gasteiger partial charge in [0, 0.05) is 18.5 Å². The summed E-state index contributed by atoms with van der Waals surface area (Å²) in [5.74, 6) is -1.08. The molecule has 0 bridgehead atoms. The molecule has 3 rings (SSSR count). The van der Waals surface area contributed by atoms with Crippen molar-refractivity contribution in [1.82, 2.24) is 10.2 Å². The molecule has 2 atom stereocenters. The quantitative estimate of drug-likeness (QED) is 0.874. The number of carbonyl (C=O) groups excluding carboxylic acids is 1. The van der Waals surface area contributed by atoms with Gasteiger partial charge in [-0.2, -0.15) is 0 Å². The van der Waals surface area contributed by atoms with E-state index in [0.717, 1.165) is 51.0 Å². The van der Waals surface area contributed by atoms with Crippen LogP contribution in [-0.2, 0) is 4.79 Å². The van der Waals surface area contributed by atoms with Crippen LogP contribution in [0.3, 0.4) is 0 Å². The number of amides is 1. The molecular formula is C18H25ClF2N2O. The van der Waals surface area contributed by atoms with Gasteiger partial charge in [-0.3, -0.25) is 4.79 Å². The first-order valence-electron chi connectivity index (χ1n) is 8.58. The molecule has 1 saturated heterocycles. The summed E-state index contributed by atoms with van der Waals surface area (Å²) in [5, 5.41) is 3.31. The van der Waals surface area contributed by atoms with Crippen LogP contribution < -0.4 is 5.32 Å². The maximum Gasteiger partial charge on any atom is 0.226 e. The number of piperidine rings is 1. The molecule has 6 heteroatoms. The minimum absolute atomic E-state index is 0. The van der Waals surface area contributed by atoms with Crippen LogP contribution in [0.5, 0.6) is 0 Å². The van der Waals surface area contributed by atoms with E-state index in [1.165, 1.54) is 6.07 Å². The van der Waals surface area contributed by atoms with Gasteiger partial charge >= 0.3 is 0 Å². The lowest BCUT2D eigenvalue weighted by Crippen LogP contribution is -2.47. The van der Waals surface area contributed by atoms with E-state index in [1.807, 2.05) is 4.90 Å². The van der Waals surface area contributed by atoms with E-state index in [9.17, 15) is 13.6 Å². The normalized spacial score (nSPS) is 23.5. The molecule has 2 aliphatic rings. The molecule has 1 saturated carbocycles. The summed E-state index contributed by atoms with van der Waals surface area (Å²) in [6.07, 6.45) is 3.49. The van der Waals surface area contributed by atoms with Crippen LogP contribution in [0.15, 0.2) is 18.2 Å². The molecule has 2 fully saturated rings. The minimum Gasteiger partial charge on any atom is -0.339 e. The Labute approximate surface area is 148 Å². The first-order chi connectivity index (χ1) is 11.1. The third kappa shape index (κ3) is 4.06. The molecule has 1 aromatic rings. The summed E-state index contributed by atoms with van der Waals surface area (Å²) in [7, 11) is 0. The Bertz CT molecular complexity index is 578. The van der Waals surface area contributed by atoms with E-state index in [0.29, 0.717) is 12.0 Å². The predicted octanol–water partition coefficient (Wildman–Crippen LogP) is 3.48. The highest BCUT2D eigenvalue weighted by molar-refractivity contribution is 5.85. The highest BCUT2D eigenvalue weighted by atomic mass is 35.5. The molecular weight excluding hydrogens is 334 g/mol. The third-order valence-corrected chi connectivity index (χ3v) is 4.96. The fraction of sp³-hybridized carbons (Fsp3) is 0.611. The van der Waals surface area contributed by atoms with Gasteiger partial charge in [-0.15, -0.1) is 12.4 Å². The van der Waals surface area contributed by atoms with Crippen molar-refractivity contribution in [1.29, 1.82) is 0 Å². The van der Waals surface area contributed by atoms with Gasteiger partial charge in [-0.05, 0) is 68.5 Å². The maximum atomic E-state index is 13.9. The van der Waals surface area contributed by atoms with Crippen molar-refractivity contribution in [2.45, 2.75) is 44.6 Å². The Morgan fingerprint density at radius 3 is 2.67 bits per heavy atom. The number of carbonyl (C=O) groups is 1. The van der Waals surface area contributed by atoms with Crippen LogP contribution in [0.4, 0.5) is 8.78 Å².